The Kier molecular flexibility index (Phi) is 4.79. The van der Waals surface area contributed by atoms with Gasteiger partial charge in [-0.25, -0.2) is 4.68 Å². The molecule has 1 aliphatic rings. The van der Waals surface area contributed by atoms with Crippen LogP contribution >= 0.6 is 0 Å². The SMILES string of the molecule is COc1ccc(C(=O)N2CCN(c3c([N+](=O)[O-])c(C)nn3C)CC2)cc1. The van der Waals surface area contributed by atoms with Gasteiger partial charge < -0.3 is 14.5 Å². The lowest BCUT2D eigenvalue weighted by molar-refractivity contribution is -0.384. The van der Waals surface area contributed by atoms with E-state index in [-0.39, 0.29) is 11.6 Å². The van der Waals surface area contributed by atoms with E-state index in [1.807, 2.05) is 4.90 Å². The molecule has 1 aliphatic heterocycles. The molecular weight excluding hydrogens is 338 g/mol. The Morgan fingerprint density at radius 3 is 2.35 bits per heavy atom. The van der Waals surface area contributed by atoms with Gasteiger partial charge in [0.25, 0.3) is 5.91 Å². The minimum Gasteiger partial charge on any atom is -0.497 e. The molecule has 9 nitrogen and oxygen atoms in total. The summed E-state index contributed by atoms with van der Waals surface area (Å²) in [5.41, 5.74) is 1.02. The van der Waals surface area contributed by atoms with Crippen LogP contribution in [-0.2, 0) is 7.05 Å². The molecule has 9 heteroatoms. The number of carbonyl (C=O) groups is 1. The van der Waals surface area contributed by atoms with E-state index in [4.69, 9.17) is 4.74 Å². The normalized spacial score (nSPS) is 14.4. The lowest BCUT2D eigenvalue weighted by atomic mass is 10.1. The maximum absolute atomic E-state index is 12.6. The smallest absolute Gasteiger partial charge is 0.333 e. The van der Waals surface area contributed by atoms with Crippen LogP contribution in [0.4, 0.5) is 11.5 Å². The van der Waals surface area contributed by atoms with Crippen molar-refractivity contribution >= 4 is 17.4 Å². The van der Waals surface area contributed by atoms with Gasteiger partial charge in [-0.3, -0.25) is 14.9 Å². The van der Waals surface area contributed by atoms with E-state index in [1.165, 1.54) is 4.68 Å². The van der Waals surface area contributed by atoms with Crippen LogP contribution in [0.3, 0.4) is 0 Å². The quantitative estimate of drug-likeness (QED) is 0.608. The summed E-state index contributed by atoms with van der Waals surface area (Å²) in [5.74, 6) is 1.14. The zero-order valence-electron chi connectivity index (χ0n) is 15.0. The van der Waals surface area contributed by atoms with Crippen molar-refractivity contribution in [2.75, 3.05) is 38.2 Å². The number of anilines is 1. The number of aryl methyl sites for hydroxylation is 2. The minimum absolute atomic E-state index is 0.0300. The number of carbonyl (C=O) groups excluding carboxylic acids is 1. The molecule has 138 valence electrons. The molecule has 1 saturated heterocycles. The van der Waals surface area contributed by atoms with Gasteiger partial charge in [0.2, 0.25) is 5.82 Å². The molecule has 1 aromatic carbocycles. The monoisotopic (exact) mass is 359 g/mol. The zero-order valence-corrected chi connectivity index (χ0v) is 15.0. The molecule has 2 heterocycles. The predicted molar refractivity (Wildman–Crippen MR) is 95.7 cm³/mol. The van der Waals surface area contributed by atoms with Crippen LogP contribution in [0.25, 0.3) is 0 Å². The second kappa shape index (κ2) is 7.03. The largest absolute Gasteiger partial charge is 0.497 e. The number of nitro groups is 1. The molecule has 0 bridgehead atoms. The number of piperazine rings is 1. The molecule has 1 fully saturated rings. The van der Waals surface area contributed by atoms with Gasteiger partial charge in [0.15, 0.2) is 0 Å². The number of ether oxygens (including phenoxy) is 1. The van der Waals surface area contributed by atoms with Gasteiger partial charge in [-0.1, -0.05) is 0 Å². The van der Waals surface area contributed by atoms with E-state index in [1.54, 1.807) is 50.2 Å². The Morgan fingerprint density at radius 2 is 1.81 bits per heavy atom. The molecule has 1 amide bonds. The minimum atomic E-state index is -0.396. The molecule has 1 aromatic heterocycles. The highest BCUT2D eigenvalue weighted by Gasteiger charge is 2.31. The van der Waals surface area contributed by atoms with Crippen LogP contribution in [0, 0.1) is 17.0 Å². The van der Waals surface area contributed by atoms with Crippen molar-refractivity contribution in [2.24, 2.45) is 7.05 Å². The highest BCUT2D eigenvalue weighted by atomic mass is 16.6. The third kappa shape index (κ3) is 3.19. The molecule has 26 heavy (non-hydrogen) atoms. The van der Waals surface area contributed by atoms with Crippen LogP contribution in [0.15, 0.2) is 24.3 Å². The summed E-state index contributed by atoms with van der Waals surface area (Å²) in [6.07, 6.45) is 0. The molecule has 2 aromatic rings. The fraction of sp³-hybridized carbons (Fsp3) is 0.412. The van der Waals surface area contributed by atoms with E-state index >= 15 is 0 Å². The molecule has 0 aliphatic carbocycles. The molecular formula is C17H21N5O4. The maximum Gasteiger partial charge on any atom is 0.333 e. The number of aromatic nitrogens is 2. The van der Waals surface area contributed by atoms with E-state index in [2.05, 4.69) is 5.10 Å². The number of rotatable bonds is 4. The number of methoxy groups -OCH3 is 1. The van der Waals surface area contributed by atoms with Crippen molar-refractivity contribution in [3.05, 3.63) is 45.6 Å². The molecule has 0 atom stereocenters. The van der Waals surface area contributed by atoms with Gasteiger partial charge in [-0.05, 0) is 31.2 Å². The van der Waals surface area contributed by atoms with Crippen molar-refractivity contribution < 1.29 is 14.5 Å². The topological polar surface area (TPSA) is 93.7 Å². The van der Waals surface area contributed by atoms with Crippen LogP contribution in [0.2, 0.25) is 0 Å². The van der Waals surface area contributed by atoms with Gasteiger partial charge in [0.1, 0.15) is 11.4 Å². The van der Waals surface area contributed by atoms with Crippen LogP contribution in [0.5, 0.6) is 5.75 Å². The summed E-state index contributed by atoms with van der Waals surface area (Å²) in [7, 11) is 3.28. The first kappa shape index (κ1) is 17.7. The number of nitrogens with zero attached hydrogens (tertiary/aromatic N) is 5. The molecule has 0 saturated carbocycles. The summed E-state index contributed by atoms with van der Waals surface area (Å²) < 4.78 is 6.64. The summed E-state index contributed by atoms with van der Waals surface area (Å²) in [5, 5.41) is 15.5. The van der Waals surface area contributed by atoms with Crippen LogP contribution in [0.1, 0.15) is 16.1 Å². The lowest BCUT2D eigenvalue weighted by Gasteiger charge is -2.35. The van der Waals surface area contributed by atoms with E-state index in [0.29, 0.717) is 49.0 Å². The number of amides is 1. The molecule has 0 N–H and O–H groups in total. The third-order valence-corrected chi connectivity index (χ3v) is 4.55. The summed E-state index contributed by atoms with van der Waals surface area (Å²) in [6, 6.07) is 6.99. The van der Waals surface area contributed by atoms with E-state index in [9.17, 15) is 14.9 Å². The van der Waals surface area contributed by atoms with Crippen molar-refractivity contribution in [2.45, 2.75) is 6.92 Å². The second-order valence-electron chi connectivity index (χ2n) is 6.15. The highest BCUT2D eigenvalue weighted by molar-refractivity contribution is 5.94. The Morgan fingerprint density at radius 1 is 1.19 bits per heavy atom. The Bertz CT molecular complexity index is 822. The van der Waals surface area contributed by atoms with E-state index in [0.717, 1.165) is 0 Å². The number of hydrogen-bond donors (Lipinski definition) is 0. The van der Waals surface area contributed by atoms with Gasteiger partial charge in [0, 0.05) is 38.8 Å². The third-order valence-electron chi connectivity index (χ3n) is 4.55. The number of benzene rings is 1. The molecule has 0 radical (unpaired) electrons. The van der Waals surface area contributed by atoms with Crippen molar-refractivity contribution in [3.63, 3.8) is 0 Å². The molecule has 3 rings (SSSR count). The fourth-order valence-electron chi connectivity index (χ4n) is 3.24. The average molecular weight is 359 g/mol. The standard InChI is InChI=1S/C17H21N5O4/c1-12-15(22(24)25)16(19(2)18-12)20-8-10-21(11-9-20)17(23)13-4-6-14(26-3)7-5-13/h4-7H,8-11H2,1-3H3. The van der Waals surface area contributed by atoms with Crippen LogP contribution < -0.4 is 9.64 Å². The fourth-order valence-corrected chi connectivity index (χ4v) is 3.24. The van der Waals surface area contributed by atoms with Gasteiger partial charge in [0.05, 0.1) is 12.0 Å². The van der Waals surface area contributed by atoms with Gasteiger partial charge >= 0.3 is 5.69 Å². The van der Waals surface area contributed by atoms with Crippen molar-refractivity contribution in [1.29, 1.82) is 0 Å². The predicted octanol–water partition coefficient (Wildman–Crippen LogP) is 1.61. The Labute approximate surface area is 150 Å². The van der Waals surface area contributed by atoms with Gasteiger partial charge in [-0.2, -0.15) is 5.10 Å². The Hall–Kier alpha value is -3.10. The maximum atomic E-state index is 12.6. The van der Waals surface area contributed by atoms with Crippen molar-refractivity contribution in [1.82, 2.24) is 14.7 Å². The van der Waals surface area contributed by atoms with E-state index < -0.39 is 4.92 Å². The first-order chi connectivity index (χ1) is 12.4. The first-order valence-corrected chi connectivity index (χ1v) is 8.28. The lowest BCUT2D eigenvalue weighted by Crippen LogP contribution is -2.49. The molecule has 0 spiro atoms. The van der Waals surface area contributed by atoms with Crippen molar-refractivity contribution in [3.8, 4) is 5.75 Å². The summed E-state index contributed by atoms with van der Waals surface area (Å²) in [6.45, 7) is 3.65. The summed E-state index contributed by atoms with van der Waals surface area (Å²) in [4.78, 5) is 27.3. The van der Waals surface area contributed by atoms with Gasteiger partial charge in [-0.15, -0.1) is 0 Å². The zero-order chi connectivity index (χ0) is 18.8. The Balaban J connectivity index is 1.71. The van der Waals surface area contributed by atoms with Crippen LogP contribution in [-0.4, -0.2) is 58.8 Å². The summed E-state index contributed by atoms with van der Waals surface area (Å²) >= 11 is 0. The highest BCUT2D eigenvalue weighted by Crippen LogP contribution is 2.31. The first-order valence-electron chi connectivity index (χ1n) is 8.28. The molecule has 0 unspecified atom stereocenters. The second-order valence-corrected chi connectivity index (χ2v) is 6.15. The average Bonchev–Trinajstić information content (AvgIpc) is 2.95. The number of hydrogen-bond acceptors (Lipinski definition) is 6.